The normalized spacial score (nSPS) is 14.7. The van der Waals surface area contributed by atoms with E-state index in [1.54, 1.807) is 30.2 Å². The van der Waals surface area contributed by atoms with Crippen molar-refractivity contribution in [3.8, 4) is 17.0 Å². The molecule has 2 heterocycles. The van der Waals surface area contributed by atoms with Gasteiger partial charge in [-0.05, 0) is 42.7 Å². The van der Waals surface area contributed by atoms with Crippen molar-refractivity contribution in [3.63, 3.8) is 0 Å². The molecule has 0 N–H and O–H groups in total. The molecule has 0 aliphatic carbocycles. The van der Waals surface area contributed by atoms with Gasteiger partial charge >= 0.3 is 0 Å². The van der Waals surface area contributed by atoms with E-state index in [0.29, 0.717) is 0 Å². The molecule has 0 atom stereocenters. The van der Waals surface area contributed by atoms with Crippen LogP contribution >= 0.6 is 23.1 Å². The molecule has 2 aromatic carbocycles. The van der Waals surface area contributed by atoms with Crippen LogP contribution in [0.15, 0.2) is 58.8 Å². The number of carbonyl (C=O) groups excluding carboxylic acids is 1. The van der Waals surface area contributed by atoms with Gasteiger partial charge in [-0.2, -0.15) is 0 Å². The summed E-state index contributed by atoms with van der Waals surface area (Å²) in [5.74, 6) is 0.984. The van der Waals surface area contributed by atoms with Gasteiger partial charge in [0.15, 0.2) is 0 Å². The topological polar surface area (TPSA) is 45.7 Å². The van der Waals surface area contributed by atoms with Crippen molar-refractivity contribution >= 4 is 29.0 Å². The van der Waals surface area contributed by atoms with Gasteiger partial charge in [0, 0.05) is 42.0 Å². The molecule has 0 bridgehead atoms. The van der Waals surface area contributed by atoms with Gasteiger partial charge in [0.05, 0.1) is 24.9 Å². The molecular weight excluding hydrogens is 414 g/mol. The summed E-state index contributed by atoms with van der Waals surface area (Å²) in [7, 11) is 1.67. The summed E-state index contributed by atoms with van der Waals surface area (Å²) in [4.78, 5) is 23.1. The summed E-state index contributed by atoms with van der Waals surface area (Å²) in [6.07, 6.45) is 2.01. The molecule has 7 heteroatoms. The molecule has 1 aliphatic rings. The summed E-state index contributed by atoms with van der Waals surface area (Å²) < 4.78 is 5.22. The first-order valence-electron chi connectivity index (χ1n) is 9.91. The van der Waals surface area contributed by atoms with Crippen LogP contribution in [0.3, 0.4) is 0 Å². The number of aromatic nitrogens is 1. The smallest absolute Gasteiger partial charge is 0.255 e. The van der Waals surface area contributed by atoms with Crippen molar-refractivity contribution in [2.24, 2.45) is 0 Å². The second kappa shape index (κ2) is 9.64. The Kier molecular flexibility index (Phi) is 6.72. The largest absolute Gasteiger partial charge is 0.497 e. The zero-order valence-corrected chi connectivity index (χ0v) is 18.8. The highest BCUT2D eigenvalue weighted by atomic mass is 32.2. The number of piperazine rings is 1. The third-order valence-electron chi connectivity index (χ3n) is 5.29. The number of hydrogen-bond acceptors (Lipinski definition) is 6. The summed E-state index contributed by atoms with van der Waals surface area (Å²) in [6, 6.07) is 15.8. The molecule has 3 aromatic rings. The zero-order chi connectivity index (χ0) is 20.9. The van der Waals surface area contributed by atoms with E-state index in [-0.39, 0.29) is 5.91 Å². The lowest BCUT2D eigenvalue weighted by Crippen LogP contribution is -2.48. The Morgan fingerprint density at radius 2 is 1.83 bits per heavy atom. The summed E-state index contributed by atoms with van der Waals surface area (Å²) >= 11 is 3.31. The number of rotatable bonds is 6. The van der Waals surface area contributed by atoms with E-state index in [9.17, 15) is 4.79 Å². The van der Waals surface area contributed by atoms with Crippen LogP contribution in [0.2, 0.25) is 0 Å². The Hall–Kier alpha value is -2.35. The standard InChI is InChI=1S/C23H25N3O2S2/c1-28-18-9-7-17(8-10-18)20-16-30-22(24-20)15-25-11-13-26(14-12-25)23(27)19-5-3-4-6-21(19)29-2/h3-10,16H,11-15H2,1-2H3. The van der Waals surface area contributed by atoms with Crippen molar-refractivity contribution in [1.82, 2.24) is 14.8 Å². The van der Waals surface area contributed by atoms with E-state index >= 15 is 0 Å². The summed E-state index contributed by atoms with van der Waals surface area (Å²) in [5, 5.41) is 3.21. The second-order valence-corrected chi connectivity index (χ2v) is 8.91. The van der Waals surface area contributed by atoms with E-state index < -0.39 is 0 Å². The molecule has 1 fully saturated rings. The predicted octanol–water partition coefficient (Wildman–Crippen LogP) is 4.50. The van der Waals surface area contributed by atoms with Crippen LogP contribution in [0.25, 0.3) is 11.3 Å². The molecule has 30 heavy (non-hydrogen) atoms. The Morgan fingerprint density at radius 1 is 1.10 bits per heavy atom. The maximum absolute atomic E-state index is 12.9. The Bertz CT molecular complexity index is 996. The van der Waals surface area contributed by atoms with E-state index in [2.05, 4.69) is 10.3 Å². The third-order valence-corrected chi connectivity index (χ3v) is 6.92. The van der Waals surface area contributed by atoms with Crippen molar-refractivity contribution < 1.29 is 9.53 Å². The second-order valence-electron chi connectivity index (χ2n) is 7.12. The molecule has 0 unspecified atom stereocenters. The average molecular weight is 440 g/mol. The van der Waals surface area contributed by atoms with Crippen LogP contribution in [-0.4, -0.2) is 60.2 Å². The molecule has 5 nitrogen and oxygen atoms in total. The van der Waals surface area contributed by atoms with Gasteiger partial charge in [0.2, 0.25) is 0 Å². The van der Waals surface area contributed by atoms with Gasteiger partial charge in [-0.15, -0.1) is 23.1 Å². The van der Waals surface area contributed by atoms with Crippen LogP contribution in [-0.2, 0) is 6.54 Å². The molecule has 0 saturated carbocycles. The quantitative estimate of drug-likeness (QED) is 0.529. The third kappa shape index (κ3) is 4.69. The number of hydrogen-bond donors (Lipinski definition) is 0. The van der Waals surface area contributed by atoms with Crippen molar-refractivity contribution in [2.75, 3.05) is 39.5 Å². The number of thioether (sulfide) groups is 1. The van der Waals surface area contributed by atoms with Crippen LogP contribution in [0.1, 0.15) is 15.4 Å². The van der Waals surface area contributed by atoms with Crippen LogP contribution in [0, 0.1) is 0 Å². The number of amides is 1. The number of carbonyl (C=O) groups is 1. The first-order valence-corrected chi connectivity index (χ1v) is 12.0. The molecule has 1 saturated heterocycles. The predicted molar refractivity (Wildman–Crippen MR) is 124 cm³/mol. The molecular formula is C23H25N3O2S2. The first kappa shape index (κ1) is 20.9. The van der Waals surface area contributed by atoms with Gasteiger partial charge in [0.1, 0.15) is 10.8 Å². The number of ether oxygens (including phenoxy) is 1. The lowest BCUT2D eigenvalue weighted by molar-refractivity contribution is 0.0625. The van der Waals surface area contributed by atoms with Gasteiger partial charge in [-0.25, -0.2) is 4.98 Å². The lowest BCUT2D eigenvalue weighted by Gasteiger charge is -2.34. The number of thiazole rings is 1. The zero-order valence-electron chi connectivity index (χ0n) is 17.2. The van der Waals surface area contributed by atoms with Crippen LogP contribution in [0.4, 0.5) is 0 Å². The van der Waals surface area contributed by atoms with Gasteiger partial charge in [0.25, 0.3) is 5.91 Å². The van der Waals surface area contributed by atoms with E-state index in [4.69, 9.17) is 9.72 Å². The highest BCUT2D eigenvalue weighted by molar-refractivity contribution is 7.98. The highest BCUT2D eigenvalue weighted by Crippen LogP contribution is 2.25. The van der Waals surface area contributed by atoms with Crippen molar-refractivity contribution in [3.05, 3.63) is 64.5 Å². The summed E-state index contributed by atoms with van der Waals surface area (Å²) in [5.41, 5.74) is 2.91. The SMILES string of the molecule is COc1ccc(-c2csc(CN3CCN(C(=O)c4ccccc4SC)CC3)n2)cc1. The minimum absolute atomic E-state index is 0.135. The van der Waals surface area contributed by atoms with Gasteiger partial charge in [-0.1, -0.05) is 12.1 Å². The molecule has 156 valence electrons. The monoisotopic (exact) mass is 439 g/mol. The van der Waals surface area contributed by atoms with E-state index in [1.807, 2.05) is 59.7 Å². The number of methoxy groups -OCH3 is 1. The van der Waals surface area contributed by atoms with Gasteiger partial charge < -0.3 is 9.64 Å². The fourth-order valence-electron chi connectivity index (χ4n) is 3.57. The minimum Gasteiger partial charge on any atom is -0.497 e. The minimum atomic E-state index is 0.135. The van der Waals surface area contributed by atoms with Crippen molar-refractivity contribution in [1.29, 1.82) is 0 Å². The Morgan fingerprint density at radius 3 is 2.53 bits per heavy atom. The maximum Gasteiger partial charge on any atom is 0.255 e. The average Bonchev–Trinajstić information content (AvgIpc) is 3.27. The van der Waals surface area contributed by atoms with Crippen LogP contribution in [0.5, 0.6) is 5.75 Å². The Balaban J connectivity index is 1.34. The highest BCUT2D eigenvalue weighted by Gasteiger charge is 2.24. The fraction of sp³-hybridized carbons (Fsp3) is 0.304. The molecule has 0 radical (unpaired) electrons. The van der Waals surface area contributed by atoms with Gasteiger partial charge in [-0.3, -0.25) is 9.69 Å². The number of nitrogens with zero attached hydrogens (tertiary/aromatic N) is 3. The Labute approximate surface area is 185 Å². The maximum atomic E-state index is 12.9. The van der Waals surface area contributed by atoms with E-state index in [1.165, 1.54) is 0 Å². The first-order chi connectivity index (χ1) is 14.7. The molecule has 0 spiro atoms. The van der Waals surface area contributed by atoms with Crippen LogP contribution < -0.4 is 4.74 Å². The fourth-order valence-corrected chi connectivity index (χ4v) is 5.00. The van der Waals surface area contributed by atoms with Crippen molar-refractivity contribution in [2.45, 2.75) is 11.4 Å². The lowest BCUT2D eigenvalue weighted by atomic mass is 10.1. The molecule has 1 aliphatic heterocycles. The molecule has 1 amide bonds. The summed E-state index contributed by atoms with van der Waals surface area (Å²) in [6.45, 7) is 4.05. The van der Waals surface area contributed by atoms with E-state index in [0.717, 1.165) is 65.2 Å². The number of benzene rings is 2. The molecule has 4 rings (SSSR count). The molecule has 1 aromatic heterocycles.